The number of carbonyl (C=O) groups is 1. The molecule has 4 aliphatic carbocycles. The van der Waals surface area contributed by atoms with Crippen molar-refractivity contribution in [1.29, 1.82) is 0 Å². The van der Waals surface area contributed by atoms with Crippen molar-refractivity contribution >= 4 is 22.4 Å². The number of thiazole rings is 1. The average Bonchev–Trinajstić information content (AvgIpc) is 3.62. The lowest BCUT2D eigenvalue weighted by atomic mass is 9.52. The number of aromatic nitrogens is 1. The number of hydrogen-bond donors (Lipinski definition) is 3. The van der Waals surface area contributed by atoms with Crippen LogP contribution in [0.5, 0.6) is 0 Å². The monoisotopic (exact) mass is 535 g/mol. The molecule has 4 unspecified atom stereocenters. The summed E-state index contributed by atoms with van der Waals surface area (Å²) in [6.07, 6.45) is 15.9. The zero-order valence-electron chi connectivity index (χ0n) is 22.6. The number of aliphatic hydroxyl groups excluding tert-OH is 1. The lowest BCUT2D eigenvalue weighted by Gasteiger charge is -2.53. The third-order valence-electron chi connectivity index (χ3n) is 10.1. The van der Waals surface area contributed by atoms with E-state index in [0.29, 0.717) is 41.1 Å². The Morgan fingerprint density at radius 1 is 1.34 bits per heavy atom. The Labute approximate surface area is 230 Å². The molecule has 2 heterocycles. The van der Waals surface area contributed by atoms with Crippen LogP contribution in [-0.2, 0) is 11.3 Å². The fraction of sp³-hybridized carbons (Fsp3) is 0.613. The number of amides is 1. The maximum Gasteiger partial charge on any atom is 0.226 e. The second-order valence-corrected chi connectivity index (χ2v) is 13.5. The second kappa shape index (κ2) is 10.7. The number of fused-ring (bicyclic) bond motifs is 5. The van der Waals surface area contributed by atoms with Gasteiger partial charge >= 0.3 is 0 Å². The standard InChI is InChI=1S/C31H41N3O3S/c1-19-16-33-30(38-19)34-28(36)10-6-21-14-22(17-32-18-24-4-3-13-37-24)31(2)12-11-26-25-9-7-23(35)15-20(25)5-8-27(26)29(21)31/h3-4,9,13,15-16,21-23,26-27,29,32,35H,5-8,10-12,14,17-18H2,1-2H3,(H,33,34,36)/t21-,22-,23?,26?,27?,29?,31-/m1/s1. The van der Waals surface area contributed by atoms with E-state index >= 15 is 0 Å². The van der Waals surface area contributed by atoms with Crippen molar-refractivity contribution in [2.45, 2.75) is 77.9 Å². The van der Waals surface area contributed by atoms with Gasteiger partial charge in [-0.3, -0.25) is 4.79 Å². The summed E-state index contributed by atoms with van der Waals surface area (Å²) in [6, 6.07) is 3.98. The van der Waals surface area contributed by atoms with E-state index in [0.717, 1.165) is 43.0 Å². The molecular weight excluding hydrogens is 494 g/mol. The highest BCUT2D eigenvalue weighted by Gasteiger charge is 2.58. The third-order valence-corrected chi connectivity index (χ3v) is 11.0. The SMILES string of the molecule is Cc1cnc(NC(=O)CC[C@@H]2C[C@H](CNCc3ccco3)[C@@]3(C)CCC4C5=CCC(O)C=C5CCC4C23)s1. The summed E-state index contributed by atoms with van der Waals surface area (Å²) >= 11 is 1.54. The molecule has 4 aliphatic rings. The first-order chi connectivity index (χ1) is 18.4. The maximum absolute atomic E-state index is 12.9. The predicted molar refractivity (Wildman–Crippen MR) is 151 cm³/mol. The smallest absolute Gasteiger partial charge is 0.226 e. The lowest BCUT2D eigenvalue weighted by molar-refractivity contribution is -0.116. The number of rotatable bonds is 8. The summed E-state index contributed by atoms with van der Waals surface area (Å²) in [5.41, 5.74) is 3.21. The van der Waals surface area contributed by atoms with Crippen LogP contribution in [0.4, 0.5) is 5.13 Å². The molecule has 6 nitrogen and oxygen atoms in total. The Balaban J connectivity index is 1.19. The van der Waals surface area contributed by atoms with Crippen molar-refractivity contribution in [2.24, 2.45) is 35.0 Å². The largest absolute Gasteiger partial charge is 0.468 e. The van der Waals surface area contributed by atoms with E-state index in [1.54, 1.807) is 6.26 Å². The summed E-state index contributed by atoms with van der Waals surface area (Å²) in [5, 5.41) is 17.7. The van der Waals surface area contributed by atoms with Gasteiger partial charge in [0.1, 0.15) is 5.76 Å². The molecule has 0 radical (unpaired) electrons. The Bertz CT molecular complexity index is 1200. The summed E-state index contributed by atoms with van der Waals surface area (Å²) < 4.78 is 5.55. The first kappa shape index (κ1) is 26.0. The first-order valence-corrected chi connectivity index (χ1v) is 15.3. The Hall–Kier alpha value is -2.22. The molecule has 3 saturated carbocycles. The Kier molecular flexibility index (Phi) is 7.36. The van der Waals surface area contributed by atoms with E-state index in [9.17, 15) is 9.90 Å². The molecule has 0 bridgehead atoms. The molecule has 0 spiro atoms. The van der Waals surface area contributed by atoms with Crippen LogP contribution in [0.2, 0.25) is 0 Å². The zero-order valence-corrected chi connectivity index (χ0v) is 23.4. The third kappa shape index (κ3) is 5.05. The number of carbonyl (C=O) groups excluding carboxylic acids is 1. The summed E-state index contributed by atoms with van der Waals surface area (Å²) in [5.74, 6) is 4.11. The highest BCUT2D eigenvalue weighted by Crippen LogP contribution is 2.65. The van der Waals surface area contributed by atoms with Crippen LogP contribution in [0.15, 0.2) is 52.3 Å². The van der Waals surface area contributed by atoms with Gasteiger partial charge in [-0.15, -0.1) is 11.3 Å². The molecule has 2 aromatic rings. The van der Waals surface area contributed by atoms with Gasteiger partial charge in [0.05, 0.1) is 18.9 Å². The van der Waals surface area contributed by atoms with E-state index in [1.807, 2.05) is 25.3 Å². The normalized spacial score (nSPS) is 34.1. The van der Waals surface area contributed by atoms with Crippen LogP contribution in [0.3, 0.4) is 0 Å². The molecule has 204 valence electrons. The van der Waals surface area contributed by atoms with E-state index in [4.69, 9.17) is 4.42 Å². The van der Waals surface area contributed by atoms with Crippen LogP contribution < -0.4 is 10.6 Å². The van der Waals surface area contributed by atoms with E-state index in [1.165, 1.54) is 48.2 Å². The number of furan rings is 1. The van der Waals surface area contributed by atoms with Crippen molar-refractivity contribution in [3.8, 4) is 0 Å². The van der Waals surface area contributed by atoms with Gasteiger partial charge in [-0.1, -0.05) is 19.1 Å². The van der Waals surface area contributed by atoms with Crippen LogP contribution in [-0.4, -0.2) is 28.6 Å². The highest BCUT2D eigenvalue weighted by molar-refractivity contribution is 7.15. The topological polar surface area (TPSA) is 87.4 Å². The van der Waals surface area contributed by atoms with Crippen molar-refractivity contribution in [2.75, 3.05) is 11.9 Å². The number of nitrogens with one attached hydrogen (secondary N) is 2. The molecule has 7 atom stereocenters. The van der Waals surface area contributed by atoms with Crippen LogP contribution in [0.1, 0.15) is 68.9 Å². The molecule has 38 heavy (non-hydrogen) atoms. The van der Waals surface area contributed by atoms with Gasteiger partial charge in [0.2, 0.25) is 5.91 Å². The van der Waals surface area contributed by atoms with Gasteiger partial charge in [-0.25, -0.2) is 4.98 Å². The van der Waals surface area contributed by atoms with Crippen LogP contribution >= 0.6 is 11.3 Å². The summed E-state index contributed by atoms with van der Waals surface area (Å²) in [6.45, 7) is 6.32. The maximum atomic E-state index is 12.9. The van der Waals surface area contributed by atoms with Crippen molar-refractivity contribution in [3.63, 3.8) is 0 Å². The van der Waals surface area contributed by atoms with Crippen molar-refractivity contribution in [3.05, 3.63) is 58.5 Å². The van der Waals surface area contributed by atoms with E-state index in [2.05, 4.69) is 34.7 Å². The minimum Gasteiger partial charge on any atom is -0.468 e. The van der Waals surface area contributed by atoms with Gasteiger partial charge < -0.3 is 20.2 Å². The Morgan fingerprint density at radius 3 is 3.03 bits per heavy atom. The van der Waals surface area contributed by atoms with E-state index in [-0.39, 0.29) is 17.4 Å². The quantitative estimate of drug-likeness (QED) is 0.372. The van der Waals surface area contributed by atoms with Gasteiger partial charge in [-0.05, 0) is 117 Å². The molecule has 2 aromatic heterocycles. The number of anilines is 1. The lowest BCUT2D eigenvalue weighted by Crippen LogP contribution is -2.47. The number of hydrogen-bond acceptors (Lipinski definition) is 6. The minimum absolute atomic E-state index is 0.0886. The van der Waals surface area contributed by atoms with Crippen LogP contribution in [0.25, 0.3) is 0 Å². The van der Waals surface area contributed by atoms with Gasteiger partial charge in [0, 0.05) is 17.5 Å². The predicted octanol–water partition coefficient (Wildman–Crippen LogP) is 6.25. The first-order valence-electron chi connectivity index (χ1n) is 14.5. The zero-order chi connectivity index (χ0) is 26.3. The molecule has 7 heteroatoms. The number of aryl methyl sites for hydroxylation is 1. The number of aliphatic hydroxyl groups is 1. The summed E-state index contributed by atoms with van der Waals surface area (Å²) in [7, 11) is 0. The average molecular weight is 536 g/mol. The molecule has 3 fully saturated rings. The van der Waals surface area contributed by atoms with Crippen molar-refractivity contribution < 1.29 is 14.3 Å². The minimum atomic E-state index is -0.317. The molecule has 3 N–H and O–H groups in total. The van der Waals surface area contributed by atoms with Gasteiger partial charge in [0.15, 0.2) is 5.13 Å². The highest BCUT2D eigenvalue weighted by atomic mass is 32.1. The molecule has 0 aliphatic heterocycles. The number of nitrogens with zero attached hydrogens (tertiary/aromatic N) is 1. The molecule has 0 saturated heterocycles. The fourth-order valence-corrected chi connectivity index (χ4v) is 9.20. The fourth-order valence-electron chi connectivity index (χ4n) is 8.52. The van der Waals surface area contributed by atoms with Crippen molar-refractivity contribution in [1.82, 2.24) is 10.3 Å². The molecule has 0 aromatic carbocycles. The van der Waals surface area contributed by atoms with Gasteiger partial charge in [0.25, 0.3) is 0 Å². The molecular formula is C31H41N3O3S. The van der Waals surface area contributed by atoms with E-state index < -0.39 is 0 Å². The number of allylic oxidation sites excluding steroid dienone is 2. The van der Waals surface area contributed by atoms with Crippen LogP contribution in [0, 0.1) is 41.9 Å². The van der Waals surface area contributed by atoms with Gasteiger partial charge in [-0.2, -0.15) is 0 Å². The molecule has 1 amide bonds. The Morgan fingerprint density at radius 2 is 2.24 bits per heavy atom. The summed E-state index contributed by atoms with van der Waals surface area (Å²) in [4.78, 5) is 18.3. The second-order valence-electron chi connectivity index (χ2n) is 12.3. The molecule has 6 rings (SSSR count).